The van der Waals surface area contributed by atoms with E-state index < -0.39 is 5.54 Å². The van der Waals surface area contributed by atoms with Gasteiger partial charge in [-0.2, -0.15) is 0 Å². The van der Waals surface area contributed by atoms with E-state index in [0.29, 0.717) is 5.92 Å². The van der Waals surface area contributed by atoms with Gasteiger partial charge in [-0.1, -0.05) is 26.0 Å². The Labute approximate surface area is 85.1 Å². The molecule has 2 heteroatoms. The second-order valence-corrected chi connectivity index (χ2v) is 4.53. The molecule has 0 bridgehead atoms. The molecule has 0 aliphatic rings. The van der Waals surface area contributed by atoms with Gasteiger partial charge in [-0.3, -0.25) is 0 Å². The van der Waals surface area contributed by atoms with Crippen LogP contribution in [0, 0.1) is 11.7 Å². The normalized spacial score (nSPS) is 15.6. The zero-order valence-electron chi connectivity index (χ0n) is 9.05. The van der Waals surface area contributed by atoms with Crippen LogP contribution in [0.5, 0.6) is 0 Å². The molecule has 0 aliphatic carbocycles. The van der Waals surface area contributed by atoms with Gasteiger partial charge < -0.3 is 5.73 Å². The van der Waals surface area contributed by atoms with E-state index in [4.69, 9.17) is 5.73 Å². The van der Waals surface area contributed by atoms with Gasteiger partial charge >= 0.3 is 0 Å². The van der Waals surface area contributed by atoms with Crippen LogP contribution in [0.2, 0.25) is 0 Å². The SMILES string of the molecule is CC(C)CC(C)(N)c1cccc(F)c1. The smallest absolute Gasteiger partial charge is 0.123 e. The lowest BCUT2D eigenvalue weighted by molar-refractivity contribution is 0.379. The van der Waals surface area contributed by atoms with Crippen LogP contribution in [0.1, 0.15) is 32.8 Å². The molecule has 0 amide bonds. The van der Waals surface area contributed by atoms with Gasteiger partial charge in [0.05, 0.1) is 0 Å². The van der Waals surface area contributed by atoms with E-state index >= 15 is 0 Å². The molecule has 1 atom stereocenters. The lowest BCUT2D eigenvalue weighted by Gasteiger charge is -2.27. The van der Waals surface area contributed by atoms with Crippen LogP contribution in [-0.4, -0.2) is 0 Å². The molecule has 1 rings (SSSR count). The molecule has 1 nitrogen and oxygen atoms in total. The summed E-state index contributed by atoms with van der Waals surface area (Å²) >= 11 is 0. The summed E-state index contributed by atoms with van der Waals surface area (Å²) < 4.78 is 13.0. The van der Waals surface area contributed by atoms with E-state index in [1.54, 1.807) is 6.07 Å². The van der Waals surface area contributed by atoms with E-state index in [2.05, 4.69) is 13.8 Å². The molecule has 1 aromatic carbocycles. The number of benzene rings is 1. The average Bonchev–Trinajstić information content (AvgIpc) is 2.01. The van der Waals surface area contributed by atoms with Crippen LogP contribution in [-0.2, 0) is 5.54 Å². The Bertz CT molecular complexity index is 305. The lowest BCUT2D eigenvalue weighted by Crippen LogP contribution is -2.34. The first kappa shape index (κ1) is 11.2. The molecule has 0 heterocycles. The van der Waals surface area contributed by atoms with Crippen LogP contribution < -0.4 is 5.73 Å². The summed E-state index contributed by atoms with van der Waals surface area (Å²) in [5.74, 6) is 0.288. The number of halogens is 1. The summed E-state index contributed by atoms with van der Waals surface area (Å²) in [5, 5.41) is 0. The average molecular weight is 195 g/mol. The van der Waals surface area contributed by atoms with Gasteiger partial charge in [-0.05, 0) is 37.0 Å². The quantitative estimate of drug-likeness (QED) is 0.788. The third-order valence-corrected chi connectivity index (χ3v) is 2.32. The highest BCUT2D eigenvalue weighted by Gasteiger charge is 2.22. The first-order valence-corrected chi connectivity index (χ1v) is 4.97. The largest absolute Gasteiger partial charge is 0.322 e. The Morgan fingerprint density at radius 1 is 1.43 bits per heavy atom. The minimum atomic E-state index is -0.434. The highest BCUT2D eigenvalue weighted by Crippen LogP contribution is 2.25. The van der Waals surface area contributed by atoms with Crippen molar-refractivity contribution in [2.24, 2.45) is 11.7 Å². The molecule has 1 aromatic rings. The molecule has 0 aliphatic heterocycles. The maximum Gasteiger partial charge on any atom is 0.123 e. The summed E-state index contributed by atoms with van der Waals surface area (Å²) in [7, 11) is 0. The maximum atomic E-state index is 13.0. The molecule has 0 radical (unpaired) electrons. The summed E-state index contributed by atoms with van der Waals surface area (Å²) in [6.45, 7) is 6.18. The minimum Gasteiger partial charge on any atom is -0.322 e. The molecule has 2 N–H and O–H groups in total. The molecule has 1 unspecified atom stereocenters. The van der Waals surface area contributed by atoms with Crippen molar-refractivity contribution >= 4 is 0 Å². The summed E-state index contributed by atoms with van der Waals surface area (Å²) in [5.41, 5.74) is 6.57. The Morgan fingerprint density at radius 2 is 2.07 bits per heavy atom. The molecular formula is C12H18FN. The van der Waals surface area contributed by atoms with E-state index in [-0.39, 0.29) is 5.82 Å². The number of hydrogen-bond donors (Lipinski definition) is 1. The van der Waals surface area contributed by atoms with Gasteiger partial charge in [0.2, 0.25) is 0 Å². The molecule has 0 spiro atoms. The third-order valence-electron chi connectivity index (χ3n) is 2.32. The fourth-order valence-corrected chi connectivity index (χ4v) is 1.81. The predicted molar refractivity (Wildman–Crippen MR) is 57.4 cm³/mol. The molecule has 0 saturated carbocycles. The summed E-state index contributed by atoms with van der Waals surface area (Å²) in [6, 6.07) is 6.54. The van der Waals surface area contributed by atoms with Gasteiger partial charge in [0.15, 0.2) is 0 Å². The lowest BCUT2D eigenvalue weighted by atomic mass is 9.85. The van der Waals surface area contributed by atoms with E-state index in [0.717, 1.165) is 12.0 Å². The molecular weight excluding hydrogens is 177 g/mol. The Hall–Kier alpha value is -0.890. The Kier molecular flexibility index (Phi) is 3.27. The van der Waals surface area contributed by atoms with Crippen molar-refractivity contribution in [3.8, 4) is 0 Å². The number of rotatable bonds is 3. The standard InChI is InChI=1S/C12H18FN/c1-9(2)8-12(3,14)10-5-4-6-11(13)7-10/h4-7,9H,8,14H2,1-3H3. The minimum absolute atomic E-state index is 0.220. The van der Waals surface area contributed by atoms with Crippen molar-refractivity contribution in [2.45, 2.75) is 32.7 Å². The van der Waals surface area contributed by atoms with Crippen LogP contribution in [0.4, 0.5) is 4.39 Å². The van der Waals surface area contributed by atoms with Crippen molar-refractivity contribution in [2.75, 3.05) is 0 Å². The summed E-state index contributed by atoms with van der Waals surface area (Å²) in [6.07, 6.45) is 0.858. The van der Waals surface area contributed by atoms with Crippen LogP contribution in [0.15, 0.2) is 24.3 Å². The van der Waals surface area contributed by atoms with E-state index in [9.17, 15) is 4.39 Å². The van der Waals surface area contributed by atoms with Crippen molar-refractivity contribution < 1.29 is 4.39 Å². The molecule has 0 saturated heterocycles. The number of nitrogens with two attached hydrogens (primary N) is 1. The van der Waals surface area contributed by atoms with Gasteiger partial charge in [0, 0.05) is 5.54 Å². The second-order valence-electron chi connectivity index (χ2n) is 4.53. The van der Waals surface area contributed by atoms with Crippen molar-refractivity contribution in [3.05, 3.63) is 35.6 Å². The number of hydrogen-bond acceptors (Lipinski definition) is 1. The van der Waals surface area contributed by atoms with Crippen molar-refractivity contribution in [3.63, 3.8) is 0 Å². The zero-order chi connectivity index (χ0) is 10.8. The second kappa shape index (κ2) is 4.09. The zero-order valence-corrected chi connectivity index (χ0v) is 9.05. The van der Waals surface area contributed by atoms with Crippen LogP contribution in [0.25, 0.3) is 0 Å². The van der Waals surface area contributed by atoms with Gasteiger partial charge in [0.25, 0.3) is 0 Å². The van der Waals surface area contributed by atoms with E-state index in [1.165, 1.54) is 12.1 Å². The van der Waals surface area contributed by atoms with Crippen LogP contribution >= 0.6 is 0 Å². The molecule has 0 fully saturated rings. The molecule has 78 valence electrons. The van der Waals surface area contributed by atoms with Crippen molar-refractivity contribution in [1.82, 2.24) is 0 Å². The fraction of sp³-hybridized carbons (Fsp3) is 0.500. The molecule has 14 heavy (non-hydrogen) atoms. The Morgan fingerprint density at radius 3 is 2.57 bits per heavy atom. The maximum absolute atomic E-state index is 13.0. The van der Waals surface area contributed by atoms with Gasteiger partial charge in [0.1, 0.15) is 5.82 Å². The fourth-order valence-electron chi connectivity index (χ4n) is 1.81. The first-order valence-electron chi connectivity index (χ1n) is 4.97. The van der Waals surface area contributed by atoms with Crippen LogP contribution in [0.3, 0.4) is 0 Å². The monoisotopic (exact) mass is 195 g/mol. The van der Waals surface area contributed by atoms with Gasteiger partial charge in [-0.25, -0.2) is 4.39 Å². The third kappa shape index (κ3) is 2.81. The van der Waals surface area contributed by atoms with Crippen molar-refractivity contribution in [1.29, 1.82) is 0 Å². The molecule has 0 aromatic heterocycles. The van der Waals surface area contributed by atoms with E-state index in [1.807, 2.05) is 13.0 Å². The first-order chi connectivity index (χ1) is 6.42. The topological polar surface area (TPSA) is 26.0 Å². The summed E-state index contributed by atoms with van der Waals surface area (Å²) in [4.78, 5) is 0. The highest BCUT2D eigenvalue weighted by molar-refractivity contribution is 5.23. The predicted octanol–water partition coefficient (Wildman–Crippen LogP) is 3.05. The Balaban J connectivity index is 2.91. The highest BCUT2D eigenvalue weighted by atomic mass is 19.1. The van der Waals surface area contributed by atoms with Gasteiger partial charge in [-0.15, -0.1) is 0 Å².